The van der Waals surface area contributed by atoms with Gasteiger partial charge in [-0.15, -0.1) is 0 Å². The molecule has 18 heavy (non-hydrogen) atoms. The van der Waals surface area contributed by atoms with E-state index in [1.54, 1.807) is 12.0 Å². The van der Waals surface area contributed by atoms with E-state index >= 15 is 0 Å². The van der Waals surface area contributed by atoms with Crippen LogP contribution in [0, 0.1) is 5.92 Å². The summed E-state index contributed by atoms with van der Waals surface area (Å²) in [4.78, 5) is 13.2. The second-order valence-electron chi connectivity index (χ2n) is 4.60. The number of nitrogens with one attached hydrogen (secondary N) is 1. The van der Waals surface area contributed by atoms with Crippen molar-refractivity contribution in [2.24, 2.45) is 5.92 Å². The van der Waals surface area contributed by atoms with Crippen molar-refractivity contribution in [3.8, 4) is 0 Å². The van der Waals surface area contributed by atoms with Crippen LogP contribution >= 0.6 is 0 Å². The van der Waals surface area contributed by atoms with Crippen LogP contribution in [0.25, 0.3) is 0 Å². The molecule has 0 aliphatic carbocycles. The van der Waals surface area contributed by atoms with Crippen molar-refractivity contribution in [3.63, 3.8) is 0 Å². The number of amides is 1. The van der Waals surface area contributed by atoms with Gasteiger partial charge in [0.15, 0.2) is 0 Å². The molecule has 1 fully saturated rings. The van der Waals surface area contributed by atoms with Crippen LogP contribution in [-0.2, 0) is 9.53 Å². The zero-order valence-electron chi connectivity index (χ0n) is 10.6. The molecule has 2 atom stereocenters. The smallest absolute Gasteiger partial charge is 0.379 e. The minimum atomic E-state index is -4.29. The van der Waals surface area contributed by atoms with Crippen LogP contribution in [0.3, 0.4) is 0 Å². The van der Waals surface area contributed by atoms with E-state index in [1.807, 2.05) is 6.92 Å². The number of likely N-dealkylation sites (tertiary alicyclic amines) is 1. The topological polar surface area (TPSA) is 41.6 Å². The number of carbonyl (C=O) groups is 1. The predicted octanol–water partition coefficient (Wildman–Crippen LogP) is 1.02. The minimum absolute atomic E-state index is 0.0367. The van der Waals surface area contributed by atoms with Gasteiger partial charge < -0.3 is 15.0 Å². The Bertz CT molecular complexity index is 284. The van der Waals surface area contributed by atoms with E-state index in [9.17, 15) is 18.0 Å². The summed E-state index contributed by atoms with van der Waals surface area (Å²) in [6.45, 7) is 1.64. The average Bonchev–Trinajstić information content (AvgIpc) is 2.27. The lowest BCUT2D eigenvalue weighted by Crippen LogP contribution is -2.49. The molecule has 0 aromatic rings. The number of ether oxygens (including phenoxy) is 1. The fraction of sp³-hybridized carbons (Fsp3) is 0.909. The summed E-state index contributed by atoms with van der Waals surface area (Å²) in [7, 11) is 1.58. The van der Waals surface area contributed by atoms with Gasteiger partial charge in [-0.3, -0.25) is 4.79 Å². The summed E-state index contributed by atoms with van der Waals surface area (Å²) < 4.78 is 41.0. The first-order chi connectivity index (χ1) is 8.33. The third-order valence-corrected chi connectivity index (χ3v) is 3.15. The molecule has 0 saturated carbocycles. The summed E-state index contributed by atoms with van der Waals surface area (Å²) in [6, 6.07) is 0. The number of halogens is 3. The van der Waals surface area contributed by atoms with Gasteiger partial charge in [-0.1, -0.05) is 6.92 Å². The van der Waals surface area contributed by atoms with Crippen molar-refractivity contribution in [3.05, 3.63) is 0 Å². The summed E-state index contributed by atoms with van der Waals surface area (Å²) in [6.07, 6.45) is -3.51. The Morgan fingerprint density at radius 2 is 2.17 bits per heavy atom. The summed E-state index contributed by atoms with van der Waals surface area (Å²) in [5.74, 6) is 0.0513. The van der Waals surface area contributed by atoms with Crippen molar-refractivity contribution in [1.82, 2.24) is 10.2 Å². The Labute approximate surface area is 104 Å². The zero-order valence-corrected chi connectivity index (χ0v) is 10.6. The molecule has 0 radical (unpaired) electrons. The normalized spacial score (nSPS) is 25.3. The Balaban J connectivity index is 2.34. The quantitative estimate of drug-likeness (QED) is 0.827. The van der Waals surface area contributed by atoms with Crippen LogP contribution in [0.4, 0.5) is 13.2 Å². The molecule has 7 heteroatoms. The number of nitrogens with zero attached hydrogens (tertiary/aromatic N) is 1. The number of hydrogen-bond donors (Lipinski definition) is 1. The molecule has 1 rings (SSSR count). The van der Waals surface area contributed by atoms with Crippen LogP contribution < -0.4 is 5.32 Å². The Hall–Kier alpha value is -0.820. The molecule has 106 valence electrons. The highest BCUT2D eigenvalue weighted by molar-refractivity contribution is 5.78. The third-order valence-electron chi connectivity index (χ3n) is 3.15. The summed E-state index contributed by atoms with van der Waals surface area (Å²) in [5.41, 5.74) is 0. The van der Waals surface area contributed by atoms with E-state index in [0.29, 0.717) is 19.0 Å². The van der Waals surface area contributed by atoms with Crippen molar-refractivity contribution in [2.45, 2.75) is 25.6 Å². The van der Waals surface area contributed by atoms with Gasteiger partial charge in [0.05, 0.1) is 19.2 Å². The molecule has 1 aliphatic rings. The second kappa shape index (κ2) is 6.38. The van der Waals surface area contributed by atoms with Crippen LogP contribution in [0.1, 0.15) is 13.3 Å². The highest BCUT2D eigenvalue weighted by atomic mass is 19.4. The maximum absolute atomic E-state index is 11.9. The van der Waals surface area contributed by atoms with E-state index in [2.05, 4.69) is 5.32 Å². The Kier molecular flexibility index (Phi) is 5.40. The maximum atomic E-state index is 11.9. The van der Waals surface area contributed by atoms with E-state index < -0.39 is 12.7 Å². The number of methoxy groups -OCH3 is 1. The van der Waals surface area contributed by atoms with Crippen LogP contribution in [0.2, 0.25) is 0 Å². The van der Waals surface area contributed by atoms with Crippen LogP contribution in [-0.4, -0.2) is 56.4 Å². The molecule has 0 bridgehead atoms. The molecule has 0 aromatic heterocycles. The van der Waals surface area contributed by atoms with Crippen molar-refractivity contribution < 1.29 is 22.7 Å². The zero-order chi connectivity index (χ0) is 13.8. The van der Waals surface area contributed by atoms with Crippen LogP contribution in [0.15, 0.2) is 0 Å². The van der Waals surface area contributed by atoms with E-state index in [-0.39, 0.29) is 18.6 Å². The van der Waals surface area contributed by atoms with Gasteiger partial charge in [-0.05, 0) is 12.3 Å². The standard InChI is InChI=1S/C11H19F3N2O2/c1-8-3-4-16(6-9(8)18-2)10(17)5-15-7-11(12,13)14/h8-9,15H,3-7H2,1-2H3. The molecule has 0 aromatic carbocycles. The van der Waals surface area contributed by atoms with Crippen molar-refractivity contribution in [1.29, 1.82) is 0 Å². The average molecular weight is 268 g/mol. The number of hydrogen-bond acceptors (Lipinski definition) is 3. The molecule has 2 unspecified atom stereocenters. The number of carbonyl (C=O) groups excluding carboxylic acids is 1. The first kappa shape index (κ1) is 15.2. The molecule has 1 saturated heterocycles. The summed E-state index contributed by atoms with van der Waals surface area (Å²) in [5, 5.41) is 2.11. The number of piperidine rings is 1. The van der Waals surface area contributed by atoms with Gasteiger partial charge in [0, 0.05) is 20.2 Å². The molecular formula is C11H19F3N2O2. The first-order valence-corrected chi connectivity index (χ1v) is 5.91. The molecule has 1 N–H and O–H groups in total. The third kappa shape index (κ3) is 4.81. The van der Waals surface area contributed by atoms with E-state index in [0.717, 1.165) is 6.42 Å². The summed E-state index contributed by atoms with van der Waals surface area (Å²) >= 11 is 0. The van der Waals surface area contributed by atoms with Gasteiger partial charge in [-0.25, -0.2) is 0 Å². The van der Waals surface area contributed by atoms with Gasteiger partial charge in [-0.2, -0.15) is 13.2 Å². The lowest BCUT2D eigenvalue weighted by molar-refractivity contribution is -0.138. The highest BCUT2D eigenvalue weighted by Crippen LogP contribution is 2.19. The van der Waals surface area contributed by atoms with Gasteiger partial charge in [0.2, 0.25) is 5.91 Å². The molecule has 0 spiro atoms. The van der Waals surface area contributed by atoms with E-state index in [4.69, 9.17) is 4.74 Å². The van der Waals surface area contributed by atoms with Crippen molar-refractivity contribution >= 4 is 5.91 Å². The highest BCUT2D eigenvalue weighted by Gasteiger charge is 2.30. The predicted molar refractivity (Wildman–Crippen MR) is 60.1 cm³/mol. The first-order valence-electron chi connectivity index (χ1n) is 5.91. The fourth-order valence-electron chi connectivity index (χ4n) is 1.99. The maximum Gasteiger partial charge on any atom is 0.401 e. The lowest BCUT2D eigenvalue weighted by Gasteiger charge is -2.36. The monoisotopic (exact) mass is 268 g/mol. The second-order valence-corrected chi connectivity index (χ2v) is 4.60. The van der Waals surface area contributed by atoms with Crippen LogP contribution in [0.5, 0.6) is 0 Å². The fourth-order valence-corrected chi connectivity index (χ4v) is 1.99. The number of rotatable bonds is 4. The molecular weight excluding hydrogens is 249 g/mol. The Morgan fingerprint density at radius 1 is 1.50 bits per heavy atom. The lowest BCUT2D eigenvalue weighted by atomic mass is 9.96. The minimum Gasteiger partial charge on any atom is -0.379 e. The van der Waals surface area contributed by atoms with Gasteiger partial charge in [0.1, 0.15) is 0 Å². The SMILES string of the molecule is COC1CN(C(=O)CNCC(F)(F)F)CCC1C. The Morgan fingerprint density at radius 3 is 2.72 bits per heavy atom. The molecule has 4 nitrogen and oxygen atoms in total. The largest absolute Gasteiger partial charge is 0.401 e. The molecule has 1 heterocycles. The molecule has 1 aliphatic heterocycles. The van der Waals surface area contributed by atoms with Gasteiger partial charge >= 0.3 is 6.18 Å². The number of alkyl halides is 3. The van der Waals surface area contributed by atoms with Crippen molar-refractivity contribution in [2.75, 3.05) is 33.3 Å². The van der Waals surface area contributed by atoms with Gasteiger partial charge in [0.25, 0.3) is 0 Å². The van der Waals surface area contributed by atoms with E-state index in [1.165, 1.54) is 0 Å². The molecule has 1 amide bonds.